The van der Waals surface area contributed by atoms with Crippen LogP contribution in [0.4, 0.5) is 13.2 Å². The molecule has 5 rings (SSSR count). The van der Waals surface area contributed by atoms with Crippen molar-refractivity contribution in [3.63, 3.8) is 0 Å². The van der Waals surface area contributed by atoms with Crippen molar-refractivity contribution in [3.05, 3.63) is 84.5 Å². The highest BCUT2D eigenvalue weighted by atomic mass is 19.4. The van der Waals surface area contributed by atoms with E-state index in [1.807, 2.05) is 0 Å². The summed E-state index contributed by atoms with van der Waals surface area (Å²) in [6, 6.07) is 6.52. The van der Waals surface area contributed by atoms with Crippen LogP contribution in [0.15, 0.2) is 67.6 Å². The van der Waals surface area contributed by atoms with Crippen LogP contribution in [0.25, 0.3) is 22.3 Å². The number of H-pyrrole nitrogens is 1. The lowest BCUT2D eigenvalue weighted by molar-refractivity contribution is -0.137. The second-order valence-electron chi connectivity index (χ2n) is 8.02. The second-order valence-corrected chi connectivity index (χ2v) is 8.02. The van der Waals surface area contributed by atoms with Crippen molar-refractivity contribution in [1.29, 1.82) is 0 Å². The summed E-state index contributed by atoms with van der Waals surface area (Å²) in [6.45, 7) is 0.517. The third-order valence-corrected chi connectivity index (χ3v) is 5.90. The van der Waals surface area contributed by atoms with Crippen LogP contribution in [-0.2, 0) is 6.18 Å². The van der Waals surface area contributed by atoms with Gasteiger partial charge in [-0.05, 0) is 36.6 Å². The molecule has 3 aromatic heterocycles. The summed E-state index contributed by atoms with van der Waals surface area (Å²) in [5.41, 5.74) is 2.69. The van der Waals surface area contributed by atoms with Crippen LogP contribution in [0.5, 0.6) is 0 Å². The summed E-state index contributed by atoms with van der Waals surface area (Å²) >= 11 is 0. The third kappa shape index (κ3) is 4.14. The molecule has 0 spiro atoms. The number of aromatic amines is 1. The van der Waals surface area contributed by atoms with Crippen molar-refractivity contribution in [1.82, 2.24) is 30.0 Å². The summed E-state index contributed by atoms with van der Waals surface area (Å²) in [7, 11) is 0. The number of alkyl halides is 3. The molecule has 1 aliphatic rings. The number of carbonyl (C=O) groups is 1. The molecular weight excluding hydrogens is 445 g/mol. The van der Waals surface area contributed by atoms with Gasteiger partial charge in [-0.25, -0.2) is 9.97 Å². The Morgan fingerprint density at radius 3 is 2.56 bits per heavy atom. The molecule has 34 heavy (non-hydrogen) atoms. The lowest BCUT2D eigenvalue weighted by atomic mass is 9.99. The Morgan fingerprint density at radius 1 is 0.971 bits per heavy atom. The van der Waals surface area contributed by atoms with Gasteiger partial charge in [0.25, 0.3) is 5.91 Å². The molecule has 7 nitrogen and oxygen atoms in total. The van der Waals surface area contributed by atoms with E-state index in [9.17, 15) is 18.0 Å². The fourth-order valence-corrected chi connectivity index (χ4v) is 4.28. The second kappa shape index (κ2) is 8.69. The van der Waals surface area contributed by atoms with Gasteiger partial charge >= 0.3 is 6.18 Å². The summed E-state index contributed by atoms with van der Waals surface area (Å²) < 4.78 is 39.7. The predicted octanol–water partition coefficient (Wildman–Crippen LogP) is 4.92. The Morgan fingerprint density at radius 2 is 1.76 bits per heavy atom. The van der Waals surface area contributed by atoms with Gasteiger partial charge in [-0.1, -0.05) is 12.1 Å². The highest BCUT2D eigenvalue weighted by molar-refractivity contribution is 5.95. The Balaban J connectivity index is 1.46. The molecule has 1 N–H and O–H groups in total. The summed E-state index contributed by atoms with van der Waals surface area (Å²) in [6.07, 6.45) is 6.33. The number of nitrogens with zero attached hydrogens (tertiary/aromatic N) is 5. The quantitative estimate of drug-likeness (QED) is 0.463. The van der Waals surface area contributed by atoms with Crippen molar-refractivity contribution in [2.75, 3.05) is 6.54 Å². The average molecular weight is 464 g/mol. The van der Waals surface area contributed by atoms with Gasteiger partial charge in [-0.3, -0.25) is 14.9 Å². The van der Waals surface area contributed by atoms with Gasteiger partial charge in [-0.15, -0.1) is 0 Å². The van der Waals surface area contributed by atoms with Gasteiger partial charge < -0.3 is 4.90 Å². The molecule has 0 bridgehead atoms. The minimum Gasteiger partial charge on any atom is -0.330 e. The summed E-state index contributed by atoms with van der Waals surface area (Å²) in [5.74, 6) is -0.210. The fraction of sp³-hybridized carbons (Fsp3) is 0.208. The zero-order valence-electron chi connectivity index (χ0n) is 17.8. The normalized spacial score (nSPS) is 16.1. The maximum atomic E-state index is 13.4. The molecular formula is C24H19F3N6O. The third-order valence-electron chi connectivity index (χ3n) is 5.90. The number of halogens is 3. The number of hydrogen-bond donors (Lipinski definition) is 1. The highest BCUT2D eigenvalue weighted by Crippen LogP contribution is 2.39. The van der Waals surface area contributed by atoms with Crippen LogP contribution >= 0.6 is 0 Å². The molecule has 172 valence electrons. The van der Waals surface area contributed by atoms with E-state index in [4.69, 9.17) is 0 Å². The molecule has 0 aliphatic carbocycles. The number of benzene rings is 1. The van der Waals surface area contributed by atoms with Gasteiger partial charge in [0.2, 0.25) is 0 Å². The van der Waals surface area contributed by atoms with Gasteiger partial charge in [-0.2, -0.15) is 18.3 Å². The van der Waals surface area contributed by atoms with Crippen LogP contribution in [0.1, 0.15) is 40.5 Å². The first-order valence-corrected chi connectivity index (χ1v) is 10.6. The van der Waals surface area contributed by atoms with Gasteiger partial charge in [0, 0.05) is 48.0 Å². The molecule has 1 aromatic carbocycles. The van der Waals surface area contributed by atoms with Crippen LogP contribution in [0, 0.1) is 0 Å². The summed E-state index contributed by atoms with van der Waals surface area (Å²) in [4.78, 5) is 27.4. The van der Waals surface area contributed by atoms with Crippen molar-refractivity contribution >= 4 is 5.91 Å². The number of carbonyl (C=O) groups excluding carboxylic acids is 1. The Kier molecular flexibility index (Phi) is 5.56. The minimum atomic E-state index is -4.45. The van der Waals surface area contributed by atoms with Gasteiger partial charge in [0.1, 0.15) is 6.33 Å². The van der Waals surface area contributed by atoms with Crippen LogP contribution in [0.2, 0.25) is 0 Å². The van der Waals surface area contributed by atoms with Crippen molar-refractivity contribution < 1.29 is 18.0 Å². The van der Waals surface area contributed by atoms with Crippen molar-refractivity contribution in [2.24, 2.45) is 0 Å². The first-order chi connectivity index (χ1) is 16.4. The first-order valence-electron chi connectivity index (χ1n) is 10.6. The molecule has 1 amide bonds. The summed E-state index contributed by atoms with van der Waals surface area (Å²) in [5, 5.41) is 7.01. The predicted molar refractivity (Wildman–Crippen MR) is 117 cm³/mol. The molecule has 0 saturated carbocycles. The van der Waals surface area contributed by atoms with E-state index in [0.717, 1.165) is 24.1 Å². The maximum Gasteiger partial charge on any atom is 0.416 e. The molecule has 1 atom stereocenters. The van der Waals surface area contributed by atoms with E-state index in [0.29, 0.717) is 40.9 Å². The minimum absolute atomic E-state index is 0.210. The first kappa shape index (κ1) is 21.7. The Labute approximate surface area is 192 Å². The standard InChI is InChI=1S/C24H19F3N6O/c25-24(26,27)19-4-1-3-15(8-19)20-13-31-32-22(20)21-5-2-6-33(21)23(34)17-7-16(9-28-10-17)18-11-29-14-30-12-18/h1,3-4,7-14,21H,2,5-6H2,(H,31,32)/t21-/m1/s1. The van der Waals surface area contributed by atoms with E-state index in [-0.39, 0.29) is 11.9 Å². The van der Waals surface area contributed by atoms with E-state index >= 15 is 0 Å². The largest absolute Gasteiger partial charge is 0.416 e. The van der Waals surface area contributed by atoms with Crippen LogP contribution < -0.4 is 0 Å². The molecule has 1 aliphatic heterocycles. The maximum absolute atomic E-state index is 13.4. The molecule has 10 heteroatoms. The average Bonchev–Trinajstić information content (AvgIpc) is 3.53. The zero-order valence-corrected chi connectivity index (χ0v) is 17.8. The number of aromatic nitrogens is 5. The SMILES string of the molecule is O=C(c1cncc(-c2cncnc2)c1)N1CCC[C@@H]1c1[nH]ncc1-c1cccc(C(F)(F)F)c1. The van der Waals surface area contributed by atoms with Crippen LogP contribution in [-0.4, -0.2) is 42.5 Å². The van der Waals surface area contributed by atoms with Crippen molar-refractivity contribution in [3.8, 4) is 22.3 Å². The fourth-order valence-electron chi connectivity index (χ4n) is 4.28. The molecule has 1 fully saturated rings. The molecule has 4 aromatic rings. The number of nitrogens with one attached hydrogen (secondary N) is 1. The molecule has 0 radical (unpaired) electrons. The lowest BCUT2D eigenvalue weighted by Crippen LogP contribution is -2.31. The topological polar surface area (TPSA) is 87.7 Å². The number of hydrogen-bond acceptors (Lipinski definition) is 5. The smallest absolute Gasteiger partial charge is 0.330 e. The zero-order chi connectivity index (χ0) is 23.7. The molecule has 4 heterocycles. The van der Waals surface area contributed by atoms with E-state index < -0.39 is 11.7 Å². The van der Waals surface area contributed by atoms with Crippen LogP contribution in [0.3, 0.4) is 0 Å². The van der Waals surface area contributed by atoms with Gasteiger partial charge in [0.15, 0.2) is 0 Å². The Bertz CT molecular complexity index is 1320. The molecule has 0 unspecified atom stereocenters. The van der Waals surface area contributed by atoms with E-state index in [1.165, 1.54) is 24.8 Å². The number of pyridine rings is 1. The van der Waals surface area contributed by atoms with E-state index in [1.54, 1.807) is 35.6 Å². The Hall–Kier alpha value is -4.08. The van der Waals surface area contributed by atoms with Crippen molar-refractivity contribution in [2.45, 2.75) is 25.1 Å². The molecule has 1 saturated heterocycles. The highest BCUT2D eigenvalue weighted by Gasteiger charge is 2.35. The number of likely N-dealkylation sites (tertiary alicyclic amines) is 1. The number of amides is 1. The van der Waals surface area contributed by atoms with E-state index in [2.05, 4.69) is 25.1 Å². The van der Waals surface area contributed by atoms with Gasteiger partial charge in [0.05, 0.1) is 29.1 Å². The monoisotopic (exact) mass is 464 g/mol. The number of rotatable bonds is 4. The lowest BCUT2D eigenvalue weighted by Gasteiger charge is -2.25.